The molecule has 242 valence electrons. The number of fused-ring (bicyclic) bond motifs is 1. The van der Waals surface area contributed by atoms with Crippen LogP contribution in [0.1, 0.15) is 29.3 Å². The van der Waals surface area contributed by atoms with Crippen LogP contribution in [0.25, 0.3) is 11.0 Å². The molecule has 0 saturated carbocycles. The number of likely N-dealkylation sites (N-methyl/N-ethyl adjacent to an activating group) is 1. The predicted octanol–water partition coefficient (Wildman–Crippen LogP) is 2.66. The van der Waals surface area contributed by atoms with Gasteiger partial charge in [-0.05, 0) is 42.7 Å². The van der Waals surface area contributed by atoms with E-state index in [9.17, 15) is 31.2 Å². The molecule has 0 spiro atoms. The lowest BCUT2D eigenvalue weighted by Gasteiger charge is -2.36. The highest BCUT2D eigenvalue weighted by Crippen LogP contribution is 2.28. The Bertz CT molecular complexity index is 1750. The third-order valence-electron chi connectivity index (χ3n) is 7.47. The summed E-state index contributed by atoms with van der Waals surface area (Å²) in [5.41, 5.74) is 1.00. The van der Waals surface area contributed by atoms with E-state index in [4.69, 9.17) is 4.74 Å². The number of hydrogen-bond acceptors (Lipinski definition) is 8. The number of nitrogens with zero attached hydrogens (tertiary/aromatic N) is 3. The number of benzene rings is 2. The van der Waals surface area contributed by atoms with Crippen LogP contribution in [-0.2, 0) is 21.2 Å². The molecule has 1 saturated heterocycles. The van der Waals surface area contributed by atoms with Gasteiger partial charge in [-0.3, -0.25) is 14.5 Å². The number of hydrogen-bond donors (Lipinski definition) is 3. The second kappa shape index (κ2) is 13.8. The molecule has 0 unspecified atom stereocenters. The van der Waals surface area contributed by atoms with Crippen molar-refractivity contribution in [1.82, 2.24) is 25.1 Å². The maximum Gasteiger partial charge on any atom is 0.406 e. The van der Waals surface area contributed by atoms with Gasteiger partial charge >= 0.3 is 6.18 Å². The topological polar surface area (TPSA) is 135 Å². The lowest BCUT2D eigenvalue weighted by atomic mass is 9.93. The first-order valence-electron chi connectivity index (χ1n) is 14.1. The molecule has 0 radical (unpaired) electrons. The molecule has 3 aromatic rings. The Morgan fingerprint density at radius 3 is 2.60 bits per heavy atom. The number of carbonyl (C=O) groups is 2. The zero-order valence-corrected chi connectivity index (χ0v) is 26.1. The zero-order chi connectivity index (χ0) is 32.9. The molecule has 11 nitrogen and oxygen atoms in total. The van der Waals surface area contributed by atoms with Crippen LogP contribution in [0, 0.1) is 17.8 Å². The molecular formula is C30H35F3N6O5S. The molecule has 0 bridgehead atoms. The predicted molar refractivity (Wildman–Crippen MR) is 163 cm³/mol. The van der Waals surface area contributed by atoms with E-state index in [-0.39, 0.29) is 52.4 Å². The van der Waals surface area contributed by atoms with E-state index in [1.807, 2.05) is 11.8 Å². The number of sulfone groups is 1. The quantitative estimate of drug-likeness (QED) is 0.302. The Kier molecular flexibility index (Phi) is 10.3. The van der Waals surface area contributed by atoms with Crippen molar-refractivity contribution in [3.63, 3.8) is 0 Å². The number of carbonyl (C=O) groups excluding carboxylic acids is 2. The van der Waals surface area contributed by atoms with Gasteiger partial charge < -0.3 is 25.3 Å². The lowest BCUT2D eigenvalue weighted by molar-refractivity contribution is -0.140. The van der Waals surface area contributed by atoms with Crippen molar-refractivity contribution < 1.29 is 35.9 Å². The highest BCUT2D eigenvalue weighted by atomic mass is 32.2. The zero-order valence-electron chi connectivity index (χ0n) is 25.3. The van der Waals surface area contributed by atoms with Gasteiger partial charge in [0.25, 0.3) is 5.91 Å². The summed E-state index contributed by atoms with van der Waals surface area (Å²) in [6.45, 7) is 2.14. The number of imidazole rings is 1. The monoisotopic (exact) mass is 648 g/mol. The summed E-state index contributed by atoms with van der Waals surface area (Å²) >= 11 is 0. The minimum absolute atomic E-state index is 0.0119. The summed E-state index contributed by atoms with van der Waals surface area (Å²) in [5.74, 6) is 5.58. The van der Waals surface area contributed by atoms with Gasteiger partial charge in [0.05, 0.1) is 48.2 Å². The van der Waals surface area contributed by atoms with E-state index >= 15 is 0 Å². The third-order valence-corrected chi connectivity index (χ3v) is 8.58. The highest BCUT2D eigenvalue weighted by molar-refractivity contribution is 7.90. The smallest absolute Gasteiger partial charge is 0.406 e. The average Bonchev–Trinajstić information content (AvgIpc) is 3.36. The molecule has 1 aromatic heterocycles. The van der Waals surface area contributed by atoms with Crippen LogP contribution in [0.4, 0.5) is 18.9 Å². The fraction of sp³-hybridized carbons (Fsp3) is 0.433. The Hall–Kier alpha value is -4.29. The van der Waals surface area contributed by atoms with Crippen molar-refractivity contribution in [3.8, 4) is 17.6 Å². The second-order valence-electron chi connectivity index (χ2n) is 10.9. The van der Waals surface area contributed by atoms with Crippen molar-refractivity contribution in [2.75, 3.05) is 51.9 Å². The molecule has 2 aromatic carbocycles. The summed E-state index contributed by atoms with van der Waals surface area (Å²) in [5, 5.41) is 8.60. The summed E-state index contributed by atoms with van der Waals surface area (Å²) in [4.78, 5) is 31.5. The molecule has 1 aliphatic heterocycles. The normalized spacial score (nSPS) is 17.3. The fourth-order valence-electron chi connectivity index (χ4n) is 5.19. The van der Waals surface area contributed by atoms with Crippen LogP contribution in [0.15, 0.2) is 41.6 Å². The number of piperidine rings is 1. The number of nitrogens with one attached hydrogen (secondary N) is 3. The maximum absolute atomic E-state index is 13.5. The minimum Gasteiger partial charge on any atom is -0.495 e. The van der Waals surface area contributed by atoms with Crippen molar-refractivity contribution in [1.29, 1.82) is 0 Å². The first kappa shape index (κ1) is 33.6. The van der Waals surface area contributed by atoms with Gasteiger partial charge in [-0.15, -0.1) is 0 Å². The Labute approximate surface area is 259 Å². The van der Waals surface area contributed by atoms with Gasteiger partial charge in [-0.25, -0.2) is 13.4 Å². The van der Waals surface area contributed by atoms with Gasteiger partial charge in [0.1, 0.15) is 17.8 Å². The van der Waals surface area contributed by atoms with E-state index in [1.54, 1.807) is 7.05 Å². The van der Waals surface area contributed by atoms with E-state index in [2.05, 4.69) is 32.8 Å². The Morgan fingerprint density at radius 2 is 1.96 bits per heavy atom. The van der Waals surface area contributed by atoms with E-state index < -0.39 is 28.5 Å². The van der Waals surface area contributed by atoms with Gasteiger partial charge in [-0.1, -0.05) is 18.8 Å². The molecule has 2 amide bonds. The number of aromatic nitrogens is 2. The first-order valence-corrected chi connectivity index (χ1v) is 16.0. The standard InChI is InChI=1S/C30H35F3N6O5S/c1-19-15-38(16-27(40)34-2)11-9-23(19)37-29(41)22-12-20(13-25-28(22)36-18-39(25)17-30(31,32)33)6-5-10-35-24-14-21(45(4,42)43)7-8-26(24)44-3/h7-8,12-14,18-19,23,35H,9-11,15-17H2,1-4H3,(H,34,40)(H,37,41)/t19-,23-/m0/s1. The first-order chi connectivity index (χ1) is 21.2. The maximum atomic E-state index is 13.5. The third kappa shape index (κ3) is 8.67. The van der Waals surface area contributed by atoms with E-state index in [1.165, 1.54) is 37.4 Å². The largest absolute Gasteiger partial charge is 0.495 e. The molecule has 2 heterocycles. The van der Waals surface area contributed by atoms with Crippen LogP contribution in [0.3, 0.4) is 0 Å². The number of rotatable bonds is 9. The molecule has 45 heavy (non-hydrogen) atoms. The summed E-state index contributed by atoms with van der Waals surface area (Å²) < 4.78 is 70.1. The number of ether oxygens (including phenoxy) is 1. The van der Waals surface area contributed by atoms with Crippen molar-refractivity contribution in [2.24, 2.45) is 5.92 Å². The lowest BCUT2D eigenvalue weighted by Crippen LogP contribution is -2.51. The second-order valence-corrected chi connectivity index (χ2v) is 12.9. The fourth-order valence-corrected chi connectivity index (χ4v) is 5.83. The summed E-state index contributed by atoms with van der Waals surface area (Å²) in [6.07, 6.45) is -1.79. The molecule has 2 atom stereocenters. The number of likely N-dealkylation sites (tertiary alicyclic amines) is 1. The molecule has 0 aliphatic carbocycles. The number of anilines is 1. The van der Waals surface area contributed by atoms with E-state index in [0.29, 0.717) is 36.5 Å². The molecule has 1 fully saturated rings. The van der Waals surface area contributed by atoms with Crippen LogP contribution in [-0.4, -0.2) is 93.5 Å². The van der Waals surface area contributed by atoms with Gasteiger partial charge in [0.2, 0.25) is 5.91 Å². The highest BCUT2D eigenvalue weighted by Gasteiger charge is 2.31. The molecule has 3 N–H and O–H groups in total. The summed E-state index contributed by atoms with van der Waals surface area (Å²) in [7, 11) is -0.460. The average molecular weight is 649 g/mol. The van der Waals surface area contributed by atoms with Crippen LogP contribution < -0.4 is 20.7 Å². The molecule has 4 rings (SSSR count). The number of amides is 2. The van der Waals surface area contributed by atoms with Crippen LogP contribution >= 0.6 is 0 Å². The Balaban J connectivity index is 1.59. The number of alkyl halides is 3. The number of halogens is 3. The van der Waals surface area contributed by atoms with Crippen LogP contribution in [0.5, 0.6) is 5.75 Å². The SMILES string of the molecule is CNC(=O)CN1CC[C@H](NC(=O)c2cc(C#CCNc3cc(S(C)(=O)=O)ccc3OC)cc3c2ncn3CC(F)(F)F)[C@@H](C)C1. The molecule has 15 heteroatoms. The van der Waals surface area contributed by atoms with Gasteiger partial charge in [-0.2, -0.15) is 13.2 Å². The van der Waals surface area contributed by atoms with Crippen molar-refractivity contribution >= 4 is 38.4 Å². The van der Waals surface area contributed by atoms with Gasteiger partial charge in [0, 0.05) is 38.0 Å². The van der Waals surface area contributed by atoms with Crippen molar-refractivity contribution in [3.05, 3.63) is 47.8 Å². The molecular weight excluding hydrogens is 613 g/mol. The Morgan fingerprint density at radius 1 is 1.20 bits per heavy atom. The number of methoxy groups -OCH3 is 1. The van der Waals surface area contributed by atoms with E-state index in [0.717, 1.165) is 17.2 Å². The van der Waals surface area contributed by atoms with Gasteiger partial charge in [0.15, 0.2) is 9.84 Å². The van der Waals surface area contributed by atoms with Crippen molar-refractivity contribution in [2.45, 2.75) is 37.0 Å². The minimum atomic E-state index is -4.51. The molecule has 1 aliphatic rings. The summed E-state index contributed by atoms with van der Waals surface area (Å²) in [6, 6.07) is 7.08. The van der Waals surface area contributed by atoms with Crippen LogP contribution in [0.2, 0.25) is 0 Å².